The van der Waals surface area contributed by atoms with Gasteiger partial charge in [0.1, 0.15) is 10.9 Å². The van der Waals surface area contributed by atoms with Gasteiger partial charge in [0.25, 0.3) is 0 Å². The first-order valence-corrected chi connectivity index (χ1v) is 9.46. The van der Waals surface area contributed by atoms with E-state index >= 15 is 0 Å². The van der Waals surface area contributed by atoms with E-state index in [0.29, 0.717) is 12.3 Å². The summed E-state index contributed by atoms with van der Waals surface area (Å²) in [5.41, 5.74) is 1.78. The van der Waals surface area contributed by atoms with Crippen LogP contribution in [0.5, 0.6) is 0 Å². The molecule has 3 atom stereocenters. The van der Waals surface area contributed by atoms with Gasteiger partial charge in [-0.25, -0.2) is 4.79 Å². The normalized spacial score (nSPS) is 20.8. The molecular formula is C17H23NO6S. The first-order chi connectivity index (χ1) is 11.8. The molecular weight excluding hydrogens is 346 g/mol. The molecule has 1 aliphatic heterocycles. The average molecular weight is 369 g/mol. The number of rotatable bonds is 8. The molecule has 0 spiro atoms. The minimum atomic E-state index is -1.59. The van der Waals surface area contributed by atoms with Gasteiger partial charge >= 0.3 is 12.1 Å². The fourth-order valence-corrected chi connectivity index (χ4v) is 3.33. The zero-order valence-electron chi connectivity index (χ0n) is 14.6. The number of nitrogens with zero attached hydrogens (tertiary/aromatic N) is 1. The topological polar surface area (TPSA) is 93.1 Å². The van der Waals surface area contributed by atoms with Crippen LogP contribution in [0.1, 0.15) is 18.9 Å². The van der Waals surface area contributed by atoms with Gasteiger partial charge in [-0.05, 0) is 31.0 Å². The number of cyclic esters (lactones) is 1. The molecule has 1 heterocycles. The number of carbonyl (C=O) groups is 2. The smallest absolute Gasteiger partial charge is 0.414 e. The Balaban J connectivity index is 2.07. The van der Waals surface area contributed by atoms with Crippen molar-refractivity contribution in [1.82, 2.24) is 0 Å². The van der Waals surface area contributed by atoms with Gasteiger partial charge in [-0.1, -0.05) is 12.1 Å². The van der Waals surface area contributed by atoms with Crippen LogP contribution in [0.15, 0.2) is 24.3 Å². The maximum atomic E-state index is 12.1. The van der Waals surface area contributed by atoms with Gasteiger partial charge in [0, 0.05) is 36.3 Å². The standard InChI is InChI=1S/C17H23NO6S/c1-17(15(19)20,25(3)22)10-14-11-18(16(21)24-14)13-6-4-12(5-7-13)8-9-23-2/h4-7,14H,8-11H2,1-3H3,(H,19,20). The second kappa shape index (κ2) is 7.97. The Morgan fingerprint density at radius 1 is 1.44 bits per heavy atom. The van der Waals surface area contributed by atoms with Crippen LogP contribution < -0.4 is 4.90 Å². The van der Waals surface area contributed by atoms with E-state index in [4.69, 9.17) is 9.47 Å². The second-order valence-electron chi connectivity index (χ2n) is 6.22. The van der Waals surface area contributed by atoms with Gasteiger partial charge in [0.2, 0.25) is 0 Å². The first kappa shape index (κ1) is 19.4. The third-order valence-corrected chi connectivity index (χ3v) is 6.03. The minimum absolute atomic E-state index is 0.000390. The van der Waals surface area contributed by atoms with Crippen LogP contribution >= 0.6 is 0 Å². The lowest BCUT2D eigenvalue weighted by Crippen LogP contribution is -2.43. The first-order valence-electron chi connectivity index (χ1n) is 7.91. The summed E-state index contributed by atoms with van der Waals surface area (Å²) in [4.78, 5) is 25.0. The zero-order chi connectivity index (χ0) is 18.6. The maximum absolute atomic E-state index is 12.1. The molecule has 0 aromatic heterocycles. The van der Waals surface area contributed by atoms with Gasteiger partial charge < -0.3 is 14.6 Å². The molecule has 0 saturated carbocycles. The largest absolute Gasteiger partial charge is 0.480 e. The Labute approximate surface area is 149 Å². The van der Waals surface area contributed by atoms with Crippen molar-refractivity contribution in [3.05, 3.63) is 29.8 Å². The molecule has 7 nitrogen and oxygen atoms in total. The van der Waals surface area contributed by atoms with Crippen LogP contribution in [0.2, 0.25) is 0 Å². The number of methoxy groups -OCH3 is 1. The molecule has 138 valence electrons. The summed E-state index contributed by atoms with van der Waals surface area (Å²) in [5, 5.41) is 9.36. The summed E-state index contributed by atoms with van der Waals surface area (Å²) in [7, 11) is 0.0521. The molecule has 0 radical (unpaired) electrons. The van der Waals surface area contributed by atoms with Crippen LogP contribution in [0.4, 0.5) is 10.5 Å². The highest BCUT2D eigenvalue weighted by molar-refractivity contribution is 7.86. The molecule has 3 unspecified atom stereocenters. The van der Waals surface area contributed by atoms with Crippen LogP contribution in [-0.4, -0.2) is 58.7 Å². The number of benzene rings is 1. The number of aliphatic carboxylic acids is 1. The van der Waals surface area contributed by atoms with E-state index < -0.39 is 33.7 Å². The monoisotopic (exact) mass is 369 g/mol. The predicted octanol–water partition coefficient (Wildman–Crippen LogP) is 1.81. The van der Waals surface area contributed by atoms with Gasteiger partial charge in [0.15, 0.2) is 0 Å². The summed E-state index contributed by atoms with van der Waals surface area (Å²) < 4.78 is 20.7. The third-order valence-electron chi connectivity index (χ3n) is 4.42. The van der Waals surface area contributed by atoms with Crippen molar-refractivity contribution in [2.24, 2.45) is 0 Å². The number of ether oxygens (including phenoxy) is 2. The Morgan fingerprint density at radius 3 is 2.60 bits per heavy atom. The zero-order valence-corrected chi connectivity index (χ0v) is 15.4. The number of carboxylic acid groups (broad SMARTS) is 1. The molecule has 0 aliphatic carbocycles. The van der Waals surface area contributed by atoms with Crippen molar-refractivity contribution in [3.8, 4) is 0 Å². The van der Waals surface area contributed by atoms with E-state index in [1.54, 1.807) is 7.11 Å². The van der Waals surface area contributed by atoms with Gasteiger partial charge in [-0.2, -0.15) is 0 Å². The summed E-state index contributed by atoms with van der Waals surface area (Å²) in [6.07, 6.45) is 0.986. The van der Waals surface area contributed by atoms with E-state index in [1.165, 1.54) is 18.1 Å². The lowest BCUT2D eigenvalue weighted by Gasteiger charge is -2.24. The molecule has 25 heavy (non-hydrogen) atoms. The SMILES string of the molecule is COCCc1ccc(N2CC(CC(C)(C(=O)O)S(C)=O)OC2=O)cc1. The van der Waals surface area contributed by atoms with Crippen LogP contribution in [0, 0.1) is 0 Å². The summed E-state index contributed by atoms with van der Waals surface area (Å²) in [6, 6.07) is 7.47. The molecule has 1 amide bonds. The fraction of sp³-hybridized carbons (Fsp3) is 0.529. The van der Waals surface area contributed by atoms with E-state index in [9.17, 15) is 18.9 Å². The Bertz CT molecular complexity index is 646. The number of amides is 1. The molecule has 0 bridgehead atoms. The number of hydrogen-bond acceptors (Lipinski definition) is 5. The van der Waals surface area contributed by atoms with Crippen LogP contribution in [-0.2, 0) is 31.5 Å². The number of anilines is 1. The van der Waals surface area contributed by atoms with Crippen molar-refractivity contribution >= 4 is 28.5 Å². The fourth-order valence-electron chi connectivity index (χ4n) is 2.66. The van der Waals surface area contributed by atoms with Crippen LogP contribution in [0.25, 0.3) is 0 Å². The Kier molecular flexibility index (Phi) is 6.18. The highest BCUT2D eigenvalue weighted by Crippen LogP contribution is 2.28. The van der Waals surface area contributed by atoms with Crippen molar-refractivity contribution in [1.29, 1.82) is 0 Å². The van der Waals surface area contributed by atoms with E-state index in [2.05, 4.69) is 0 Å². The summed E-state index contributed by atoms with van der Waals surface area (Å²) in [5.74, 6) is -1.16. The minimum Gasteiger partial charge on any atom is -0.480 e. The number of carbonyl (C=O) groups excluding carboxylic acids is 1. The average Bonchev–Trinajstić information content (AvgIpc) is 2.93. The van der Waals surface area contributed by atoms with E-state index in [1.807, 2.05) is 24.3 Å². The molecule has 1 fully saturated rings. The summed E-state index contributed by atoms with van der Waals surface area (Å²) in [6.45, 7) is 2.26. The van der Waals surface area contributed by atoms with Crippen molar-refractivity contribution in [3.63, 3.8) is 0 Å². The lowest BCUT2D eigenvalue weighted by atomic mass is 10.0. The maximum Gasteiger partial charge on any atom is 0.414 e. The molecule has 1 aliphatic rings. The van der Waals surface area contributed by atoms with Gasteiger partial charge in [-0.3, -0.25) is 13.9 Å². The highest BCUT2D eigenvalue weighted by atomic mass is 32.2. The summed E-state index contributed by atoms with van der Waals surface area (Å²) >= 11 is 0. The van der Waals surface area contributed by atoms with Crippen LogP contribution in [0.3, 0.4) is 0 Å². The van der Waals surface area contributed by atoms with Gasteiger partial charge in [-0.15, -0.1) is 0 Å². The second-order valence-corrected chi connectivity index (χ2v) is 8.03. The highest BCUT2D eigenvalue weighted by Gasteiger charge is 2.44. The molecule has 1 saturated heterocycles. The molecule has 1 aromatic carbocycles. The van der Waals surface area contributed by atoms with Crippen molar-refractivity contribution in [2.45, 2.75) is 30.6 Å². The quantitative estimate of drug-likeness (QED) is 0.751. The van der Waals surface area contributed by atoms with E-state index in [0.717, 1.165) is 12.0 Å². The molecule has 8 heteroatoms. The Morgan fingerprint density at radius 2 is 2.08 bits per heavy atom. The lowest BCUT2D eigenvalue weighted by molar-refractivity contribution is -0.140. The molecule has 2 rings (SSSR count). The number of carboxylic acids is 1. The third kappa shape index (κ3) is 4.38. The molecule has 1 aromatic rings. The van der Waals surface area contributed by atoms with Gasteiger partial charge in [0.05, 0.1) is 13.2 Å². The Hall–Kier alpha value is -1.93. The van der Waals surface area contributed by atoms with E-state index in [-0.39, 0.29) is 13.0 Å². The molecule has 1 N–H and O–H groups in total. The number of hydrogen-bond donors (Lipinski definition) is 1. The predicted molar refractivity (Wildman–Crippen MR) is 94.4 cm³/mol. The van der Waals surface area contributed by atoms with Crippen molar-refractivity contribution in [2.75, 3.05) is 31.4 Å². The van der Waals surface area contributed by atoms with Crippen molar-refractivity contribution < 1.29 is 28.4 Å².